The molecule has 2 aliphatic rings. The summed E-state index contributed by atoms with van der Waals surface area (Å²) in [6.45, 7) is 1.80. The van der Waals surface area contributed by atoms with Crippen molar-refractivity contribution in [3.8, 4) is 23.2 Å². The highest BCUT2D eigenvalue weighted by atomic mass is 15.4. The van der Waals surface area contributed by atoms with Crippen molar-refractivity contribution in [1.82, 2.24) is 15.4 Å². The highest BCUT2D eigenvalue weighted by Crippen LogP contribution is 2.35. The van der Waals surface area contributed by atoms with E-state index in [0.717, 1.165) is 17.0 Å². The molecule has 0 unspecified atom stereocenters. The van der Waals surface area contributed by atoms with Crippen LogP contribution in [0, 0.1) is 17.8 Å². The average Bonchev–Trinajstić information content (AvgIpc) is 3.37. The molecule has 1 aliphatic heterocycles. The van der Waals surface area contributed by atoms with Gasteiger partial charge in [0, 0.05) is 23.8 Å². The van der Waals surface area contributed by atoms with E-state index >= 15 is 0 Å². The Kier molecular flexibility index (Phi) is 3.81. The Bertz CT molecular complexity index is 883. The van der Waals surface area contributed by atoms with Gasteiger partial charge in [0.25, 0.3) is 5.84 Å². The molecule has 3 N–H and O–H groups in total. The van der Waals surface area contributed by atoms with Gasteiger partial charge in [-0.1, -0.05) is 36.3 Å². The van der Waals surface area contributed by atoms with Crippen LogP contribution < -0.4 is 10.9 Å². The van der Waals surface area contributed by atoms with Gasteiger partial charge < -0.3 is 0 Å². The zero-order chi connectivity index (χ0) is 16.4. The summed E-state index contributed by atoms with van der Waals surface area (Å²) >= 11 is 0. The Morgan fingerprint density at radius 1 is 1.25 bits per heavy atom. The third-order valence-electron chi connectivity index (χ3n) is 4.00. The van der Waals surface area contributed by atoms with Gasteiger partial charge in [0.1, 0.15) is 0 Å². The van der Waals surface area contributed by atoms with E-state index in [1.807, 2.05) is 35.8 Å². The Hall–Kier alpha value is -2.97. The first-order valence-electron chi connectivity index (χ1n) is 8.09. The second kappa shape index (κ2) is 6.26. The molecule has 1 aliphatic carbocycles. The summed E-state index contributed by atoms with van der Waals surface area (Å²) in [5.41, 5.74) is 8.21. The molecule has 118 valence electrons. The van der Waals surface area contributed by atoms with E-state index in [2.05, 4.69) is 33.3 Å². The number of rotatable bonds is 3. The lowest BCUT2D eigenvalue weighted by atomic mass is 10.2. The number of hydrogen-bond acceptors (Lipinski definition) is 4. The minimum atomic E-state index is 0.611. The molecule has 0 atom stereocenters. The lowest BCUT2D eigenvalue weighted by molar-refractivity contribution is -0.589. The van der Waals surface area contributed by atoms with Gasteiger partial charge in [0.2, 0.25) is 0 Å². The van der Waals surface area contributed by atoms with Crippen molar-refractivity contribution >= 4 is 11.7 Å². The summed E-state index contributed by atoms with van der Waals surface area (Å²) in [7, 11) is 0. The summed E-state index contributed by atoms with van der Waals surface area (Å²) in [5, 5.41) is 0. The standard InChI is InChI=1S/C19H17N5/c1-2-6-15-12-20-18(14-7-4-3-5-8-14)22-19(15)21-17-11-16(23-24-17)13-9-10-13/h3-5,7-8,11-13H,9-10H2,1H3,(H2,20,21,22,23,24)/p+1. The van der Waals surface area contributed by atoms with Gasteiger partial charge in [-0.25, -0.2) is 15.4 Å². The van der Waals surface area contributed by atoms with E-state index in [9.17, 15) is 0 Å². The number of nitrogens with zero attached hydrogens (tertiary/aromatic N) is 3. The van der Waals surface area contributed by atoms with Gasteiger partial charge in [0.15, 0.2) is 11.6 Å². The minimum Gasteiger partial charge on any atom is -0.237 e. The smallest absolute Gasteiger partial charge is 0.237 e. The Balaban J connectivity index is 1.73. The van der Waals surface area contributed by atoms with E-state index in [4.69, 9.17) is 4.99 Å². The second-order valence-electron chi connectivity index (χ2n) is 5.87. The number of amidine groups is 1. The van der Waals surface area contributed by atoms with Gasteiger partial charge in [-0.2, -0.15) is 10.4 Å². The Labute approximate surface area is 140 Å². The summed E-state index contributed by atoms with van der Waals surface area (Å²) in [6, 6.07) is 9.91. The maximum Gasteiger partial charge on any atom is 0.252 e. The number of aliphatic imine (C=N–C) groups is 1. The molecule has 0 radical (unpaired) electrons. The maximum absolute atomic E-state index is 4.69. The van der Waals surface area contributed by atoms with Crippen molar-refractivity contribution in [2.24, 2.45) is 10.9 Å². The largest absolute Gasteiger partial charge is 0.252 e. The topological polar surface area (TPSA) is 66.8 Å². The number of quaternary nitrogens is 1. The molecule has 1 fully saturated rings. The van der Waals surface area contributed by atoms with Crippen LogP contribution >= 0.6 is 0 Å². The van der Waals surface area contributed by atoms with Crippen LogP contribution in [-0.4, -0.2) is 15.8 Å². The van der Waals surface area contributed by atoms with Crippen LogP contribution in [0.3, 0.4) is 0 Å². The summed E-state index contributed by atoms with van der Waals surface area (Å²) in [4.78, 5) is 13.8. The molecule has 0 bridgehead atoms. The van der Waals surface area contributed by atoms with Crippen LogP contribution in [0.25, 0.3) is 11.4 Å². The highest BCUT2D eigenvalue weighted by molar-refractivity contribution is 5.89. The van der Waals surface area contributed by atoms with Gasteiger partial charge in [0.05, 0.1) is 11.3 Å². The van der Waals surface area contributed by atoms with Crippen LogP contribution in [-0.2, 0) is 0 Å². The minimum absolute atomic E-state index is 0.611. The number of allylic oxidation sites excluding steroid dienone is 1. The quantitative estimate of drug-likeness (QED) is 0.671. The van der Waals surface area contributed by atoms with Crippen molar-refractivity contribution in [3.05, 3.63) is 53.9 Å². The van der Waals surface area contributed by atoms with Crippen molar-refractivity contribution in [2.45, 2.75) is 19.8 Å². The van der Waals surface area contributed by atoms with E-state index < -0.39 is 0 Å². The van der Waals surface area contributed by atoms with Gasteiger partial charge in [-0.05, 0) is 19.8 Å². The Morgan fingerprint density at radius 3 is 2.83 bits per heavy atom. The summed E-state index contributed by atoms with van der Waals surface area (Å²) < 4.78 is 0. The molecule has 1 aromatic carbocycles. The molecule has 1 aromatic heterocycles. The maximum atomic E-state index is 4.69. The van der Waals surface area contributed by atoms with Crippen molar-refractivity contribution < 1.29 is 5.43 Å². The van der Waals surface area contributed by atoms with Crippen molar-refractivity contribution in [2.75, 3.05) is 0 Å². The predicted molar refractivity (Wildman–Crippen MR) is 93.0 cm³/mol. The predicted octanol–water partition coefficient (Wildman–Crippen LogP) is 1.92. The van der Waals surface area contributed by atoms with Gasteiger partial charge in [-0.15, -0.1) is 5.92 Å². The fourth-order valence-electron chi connectivity index (χ4n) is 2.62. The monoisotopic (exact) mass is 316 g/mol. The molecule has 0 saturated heterocycles. The van der Waals surface area contributed by atoms with Gasteiger partial charge >= 0.3 is 0 Å². The normalized spacial score (nSPS) is 17.9. The zero-order valence-electron chi connectivity index (χ0n) is 13.5. The lowest BCUT2D eigenvalue weighted by Gasteiger charge is -2.03. The molecular weight excluding hydrogens is 298 g/mol. The third-order valence-corrected chi connectivity index (χ3v) is 4.00. The second-order valence-corrected chi connectivity index (χ2v) is 5.87. The van der Waals surface area contributed by atoms with Crippen molar-refractivity contribution in [3.63, 3.8) is 0 Å². The van der Waals surface area contributed by atoms with E-state index in [-0.39, 0.29) is 0 Å². The molecular formula is C19H18N5+. The molecule has 1 saturated carbocycles. The zero-order valence-corrected chi connectivity index (χ0v) is 13.5. The average molecular weight is 316 g/mol. The van der Waals surface area contributed by atoms with Crippen molar-refractivity contribution in [1.29, 1.82) is 0 Å². The van der Waals surface area contributed by atoms with Crippen LogP contribution in [0.15, 0.2) is 53.3 Å². The first kappa shape index (κ1) is 14.6. The number of benzene rings is 1. The molecule has 4 rings (SSSR count). The van der Waals surface area contributed by atoms with Crippen LogP contribution in [0.4, 0.5) is 5.82 Å². The third kappa shape index (κ3) is 3.05. The SMILES string of the molecule is CC#Cc1cnc(-c2ccccc2)nc1N=C1C=C(C2CC2)N[NH2+]1. The van der Waals surface area contributed by atoms with Crippen LogP contribution in [0.1, 0.15) is 25.3 Å². The van der Waals surface area contributed by atoms with E-state index in [1.54, 1.807) is 13.1 Å². The molecule has 5 heteroatoms. The van der Waals surface area contributed by atoms with Gasteiger partial charge in [-0.3, -0.25) is 0 Å². The van der Waals surface area contributed by atoms with Crippen LogP contribution in [0.2, 0.25) is 0 Å². The number of aromatic nitrogens is 2. The molecule has 2 aromatic rings. The van der Waals surface area contributed by atoms with Crippen LogP contribution in [0.5, 0.6) is 0 Å². The molecule has 5 nitrogen and oxygen atoms in total. The first-order chi connectivity index (χ1) is 11.8. The molecule has 24 heavy (non-hydrogen) atoms. The lowest BCUT2D eigenvalue weighted by Crippen LogP contribution is -2.93. The summed E-state index contributed by atoms with van der Waals surface area (Å²) in [6.07, 6.45) is 6.38. The highest BCUT2D eigenvalue weighted by Gasteiger charge is 2.31. The van der Waals surface area contributed by atoms with E-state index in [1.165, 1.54) is 18.5 Å². The molecule has 2 heterocycles. The van der Waals surface area contributed by atoms with E-state index in [0.29, 0.717) is 17.6 Å². The number of nitrogens with two attached hydrogens (primary N) is 1. The Morgan fingerprint density at radius 2 is 2.08 bits per heavy atom. The fourth-order valence-corrected chi connectivity index (χ4v) is 2.62. The molecule has 0 amide bonds. The number of nitrogens with one attached hydrogen (secondary N) is 1. The first-order valence-corrected chi connectivity index (χ1v) is 8.09. The number of hydrogen-bond donors (Lipinski definition) is 2. The fraction of sp³-hybridized carbons (Fsp3) is 0.211. The molecule has 0 spiro atoms. The summed E-state index contributed by atoms with van der Waals surface area (Å²) in [5.74, 6) is 8.77.